The zero-order valence-corrected chi connectivity index (χ0v) is 12.3. The summed E-state index contributed by atoms with van der Waals surface area (Å²) in [6, 6.07) is 0. The van der Waals surface area contributed by atoms with Gasteiger partial charge in [-0.15, -0.1) is 0 Å². The molecule has 0 aliphatic heterocycles. The van der Waals surface area contributed by atoms with Gasteiger partial charge in [-0.1, -0.05) is 27.7 Å². The second kappa shape index (κ2) is 10.8. The summed E-state index contributed by atoms with van der Waals surface area (Å²) in [5.41, 5.74) is 0. The number of carbonyl (C=O) groups is 1. The van der Waals surface area contributed by atoms with Crippen molar-refractivity contribution in [2.45, 2.75) is 66.2 Å². The molecule has 102 valence electrons. The first-order valence-electron chi connectivity index (χ1n) is 7.55. The Morgan fingerprint density at radius 2 is 1.47 bits per heavy atom. The number of hydrogen-bond acceptors (Lipinski definition) is 1. The Balaban J connectivity index is 3.82. The predicted molar refractivity (Wildman–Crippen MR) is 74.5 cm³/mol. The van der Waals surface area contributed by atoms with Crippen molar-refractivity contribution in [1.82, 2.24) is 0 Å². The van der Waals surface area contributed by atoms with E-state index in [1.807, 2.05) is 0 Å². The second-order valence-corrected chi connectivity index (χ2v) is 5.08. The summed E-state index contributed by atoms with van der Waals surface area (Å²) in [6.45, 7) is 12.4. The van der Waals surface area contributed by atoms with Gasteiger partial charge >= 0.3 is 0 Å². The molecule has 0 saturated heterocycles. The zero-order valence-electron chi connectivity index (χ0n) is 12.3. The van der Waals surface area contributed by atoms with Crippen molar-refractivity contribution in [1.29, 1.82) is 0 Å². The normalized spacial score (nSPS) is 11.4. The van der Waals surface area contributed by atoms with Gasteiger partial charge in [-0.3, -0.25) is 4.79 Å². The molecule has 1 N–H and O–H groups in total. The summed E-state index contributed by atoms with van der Waals surface area (Å²) in [5.74, 6) is 0.804. The van der Waals surface area contributed by atoms with Crippen molar-refractivity contribution < 1.29 is 9.69 Å². The average Bonchev–Trinajstić information content (AvgIpc) is 2.31. The van der Waals surface area contributed by atoms with Gasteiger partial charge in [-0.2, -0.15) is 0 Å². The van der Waals surface area contributed by atoms with E-state index in [4.69, 9.17) is 0 Å². The Bertz CT molecular complexity index is 181. The highest BCUT2D eigenvalue weighted by Gasteiger charge is 2.14. The van der Waals surface area contributed by atoms with E-state index in [-0.39, 0.29) is 0 Å². The highest BCUT2D eigenvalue weighted by molar-refractivity contribution is 5.80. The zero-order chi connectivity index (χ0) is 13.1. The molecule has 0 heterocycles. The van der Waals surface area contributed by atoms with Crippen LogP contribution in [-0.4, -0.2) is 25.4 Å². The van der Waals surface area contributed by atoms with E-state index < -0.39 is 0 Å². The lowest BCUT2D eigenvalue weighted by molar-refractivity contribution is -0.900. The number of nitrogens with one attached hydrogen (secondary N) is 1. The smallest absolute Gasteiger partial charge is 0.136 e. The Kier molecular flexibility index (Phi) is 10.5. The van der Waals surface area contributed by atoms with Crippen LogP contribution in [0.4, 0.5) is 0 Å². The number of ketones is 1. The first kappa shape index (κ1) is 16.6. The first-order chi connectivity index (χ1) is 8.19. The van der Waals surface area contributed by atoms with Gasteiger partial charge < -0.3 is 4.90 Å². The standard InChI is InChI=1S/C15H31NO/c1-5-11-16(12-6-2)13-9-10-15(17)14(7-3)8-4/h14H,5-13H2,1-4H3/p+1. The molecule has 0 aromatic rings. The Hall–Kier alpha value is -0.370. The highest BCUT2D eigenvalue weighted by atomic mass is 16.1. The minimum atomic E-state index is 0.316. The van der Waals surface area contributed by atoms with Gasteiger partial charge in [-0.05, 0) is 25.7 Å². The van der Waals surface area contributed by atoms with E-state index in [1.54, 1.807) is 4.90 Å². The summed E-state index contributed by atoms with van der Waals surface area (Å²) < 4.78 is 0. The van der Waals surface area contributed by atoms with Crippen molar-refractivity contribution in [3.63, 3.8) is 0 Å². The van der Waals surface area contributed by atoms with E-state index in [2.05, 4.69) is 27.7 Å². The highest BCUT2D eigenvalue weighted by Crippen LogP contribution is 2.11. The van der Waals surface area contributed by atoms with Gasteiger partial charge in [0.25, 0.3) is 0 Å². The van der Waals surface area contributed by atoms with Crippen LogP contribution in [0.25, 0.3) is 0 Å². The molecule has 17 heavy (non-hydrogen) atoms. The third-order valence-corrected chi connectivity index (χ3v) is 3.60. The molecule has 0 spiro atoms. The molecule has 0 fully saturated rings. The van der Waals surface area contributed by atoms with E-state index in [9.17, 15) is 4.79 Å². The molecule has 0 aliphatic rings. The Morgan fingerprint density at radius 3 is 1.88 bits per heavy atom. The van der Waals surface area contributed by atoms with Crippen molar-refractivity contribution in [3.8, 4) is 0 Å². The third-order valence-electron chi connectivity index (χ3n) is 3.60. The molecule has 0 rings (SSSR count). The topological polar surface area (TPSA) is 21.5 Å². The minimum absolute atomic E-state index is 0.316. The number of Topliss-reactive ketones (excluding diaryl/α,β-unsaturated/α-hetero) is 1. The number of rotatable bonds is 11. The third kappa shape index (κ3) is 7.54. The average molecular weight is 242 g/mol. The maximum absolute atomic E-state index is 11.9. The molecule has 2 nitrogen and oxygen atoms in total. The van der Waals surface area contributed by atoms with Gasteiger partial charge in [-0.25, -0.2) is 0 Å². The van der Waals surface area contributed by atoms with E-state index in [1.165, 1.54) is 32.5 Å². The molecule has 0 aromatic heterocycles. The maximum atomic E-state index is 11.9. The molecule has 0 aromatic carbocycles. The summed E-state index contributed by atoms with van der Waals surface area (Å²) in [6.07, 6.45) is 6.38. The fraction of sp³-hybridized carbons (Fsp3) is 0.933. The fourth-order valence-electron chi connectivity index (χ4n) is 2.54. The molecule has 0 saturated carbocycles. The first-order valence-corrected chi connectivity index (χ1v) is 7.55. The number of hydrogen-bond donors (Lipinski definition) is 1. The maximum Gasteiger partial charge on any atom is 0.136 e. The van der Waals surface area contributed by atoms with Crippen LogP contribution in [-0.2, 0) is 4.79 Å². The lowest BCUT2D eigenvalue weighted by Crippen LogP contribution is -3.12. The summed E-state index contributed by atoms with van der Waals surface area (Å²) >= 11 is 0. The van der Waals surface area contributed by atoms with E-state index >= 15 is 0 Å². The van der Waals surface area contributed by atoms with E-state index in [0.717, 1.165) is 25.7 Å². The summed E-state index contributed by atoms with van der Waals surface area (Å²) in [5, 5.41) is 0. The monoisotopic (exact) mass is 242 g/mol. The molecular formula is C15H32NO+. The van der Waals surface area contributed by atoms with Gasteiger partial charge in [0.15, 0.2) is 0 Å². The summed E-state index contributed by atoms with van der Waals surface area (Å²) in [4.78, 5) is 13.6. The SMILES string of the molecule is CCC[NH+](CCC)CCCC(=O)C(CC)CC. The van der Waals surface area contributed by atoms with Gasteiger partial charge in [0.05, 0.1) is 19.6 Å². The van der Waals surface area contributed by atoms with Gasteiger partial charge in [0, 0.05) is 18.8 Å². The van der Waals surface area contributed by atoms with Crippen LogP contribution in [0.2, 0.25) is 0 Å². The van der Waals surface area contributed by atoms with Crippen LogP contribution >= 0.6 is 0 Å². The van der Waals surface area contributed by atoms with Gasteiger partial charge in [0.1, 0.15) is 5.78 Å². The Morgan fingerprint density at radius 1 is 0.941 bits per heavy atom. The quantitative estimate of drug-likeness (QED) is 0.590. The molecule has 0 aliphatic carbocycles. The van der Waals surface area contributed by atoms with E-state index in [0.29, 0.717) is 11.7 Å². The van der Waals surface area contributed by atoms with Crippen LogP contribution in [0, 0.1) is 5.92 Å². The Labute approximate surface area is 108 Å². The summed E-state index contributed by atoms with van der Waals surface area (Å²) in [7, 11) is 0. The number of quaternary nitrogens is 1. The predicted octanol–water partition coefficient (Wildman–Crippen LogP) is 2.48. The van der Waals surface area contributed by atoms with Crippen molar-refractivity contribution in [2.75, 3.05) is 19.6 Å². The van der Waals surface area contributed by atoms with Crippen LogP contribution in [0.15, 0.2) is 0 Å². The minimum Gasteiger partial charge on any atom is -0.335 e. The van der Waals surface area contributed by atoms with Crippen LogP contribution < -0.4 is 4.90 Å². The van der Waals surface area contributed by atoms with Crippen molar-refractivity contribution in [3.05, 3.63) is 0 Å². The number of carbonyl (C=O) groups excluding carboxylic acids is 1. The van der Waals surface area contributed by atoms with Gasteiger partial charge in [0.2, 0.25) is 0 Å². The largest absolute Gasteiger partial charge is 0.335 e. The van der Waals surface area contributed by atoms with Crippen LogP contribution in [0.3, 0.4) is 0 Å². The lowest BCUT2D eigenvalue weighted by Gasteiger charge is -2.18. The molecule has 0 radical (unpaired) electrons. The molecule has 0 amide bonds. The second-order valence-electron chi connectivity index (χ2n) is 5.08. The molecule has 0 unspecified atom stereocenters. The lowest BCUT2D eigenvalue weighted by atomic mass is 9.95. The van der Waals surface area contributed by atoms with Crippen molar-refractivity contribution >= 4 is 5.78 Å². The fourth-order valence-corrected chi connectivity index (χ4v) is 2.54. The molecule has 2 heteroatoms. The van der Waals surface area contributed by atoms with Crippen molar-refractivity contribution in [2.24, 2.45) is 5.92 Å². The van der Waals surface area contributed by atoms with Crippen LogP contribution in [0.5, 0.6) is 0 Å². The van der Waals surface area contributed by atoms with Crippen LogP contribution in [0.1, 0.15) is 66.2 Å². The molecule has 0 atom stereocenters. The molecular weight excluding hydrogens is 210 g/mol. The molecule has 0 bridgehead atoms.